The third-order valence-electron chi connectivity index (χ3n) is 2.22. The first-order valence-corrected chi connectivity index (χ1v) is 4.38. The largest absolute Gasteiger partial charge is 0.493 e. The van der Waals surface area contributed by atoms with Crippen LogP contribution in [-0.4, -0.2) is 24.6 Å². The molecule has 0 atom stereocenters. The smallest absolute Gasteiger partial charge is 0.170 e. The first-order valence-electron chi connectivity index (χ1n) is 4.38. The van der Waals surface area contributed by atoms with Gasteiger partial charge in [-0.05, 0) is 12.1 Å². The van der Waals surface area contributed by atoms with E-state index in [9.17, 15) is 0 Å². The molecule has 0 aliphatic carbocycles. The summed E-state index contributed by atoms with van der Waals surface area (Å²) in [6.07, 6.45) is 0.622. The molecular weight excluding hydrogens is 182 g/mol. The molecular formula is C10H11NO3. The van der Waals surface area contributed by atoms with Crippen LogP contribution in [0.4, 0.5) is 0 Å². The molecule has 0 aromatic heterocycles. The van der Waals surface area contributed by atoms with Crippen molar-refractivity contribution in [1.82, 2.24) is 0 Å². The number of hydrogen-bond donors (Lipinski definition) is 1. The van der Waals surface area contributed by atoms with Gasteiger partial charge in [0.15, 0.2) is 11.5 Å². The molecule has 14 heavy (non-hydrogen) atoms. The number of rotatable bonds is 1. The molecule has 0 bridgehead atoms. The molecule has 0 spiro atoms. The maximum Gasteiger partial charge on any atom is 0.170 e. The van der Waals surface area contributed by atoms with Crippen LogP contribution in [0.2, 0.25) is 0 Å². The van der Waals surface area contributed by atoms with Crippen molar-refractivity contribution in [2.45, 2.75) is 6.42 Å². The second-order valence-electron chi connectivity index (χ2n) is 2.98. The summed E-state index contributed by atoms with van der Waals surface area (Å²) in [5, 5.41) is 12.0. The van der Waals surface area contributed by atoms with E-state index >= 15 is 0 Å². The number of oxime groups is 1. The Hall–Kier alpha value is -1.71. The van der Waals surface area contributed by atoms with Gasteiger partial charge in [0, 0.05) is 12.0 Å². The standard InChI is InChI=1S/C10H11NO3/c1-13-9-4-2-3-7-8(11-12)5-6-14-10(7)9/h2-4,12H,5-6H2,1H3. The molecule has 1 N–H and O–H groups in total. The minimum absolute atomic E-state index is 0.521. The average Bonchev–Trinajstić information content (AvgIpc) is 2.27. The van der Waals surface area contributed by atoms with Crippen LogP contribution in [0.3, 0.4) is 0 Å². The Morgan fingerprint density at radius 3 is 3.07 bits per heavy atom. The van der Waals surface area contributed by atoms with Crippen LogP contribution < -0.4 is 9.47 Å². The zero-order valence-corrected chi connectivity index (χ0v) is 7.86. The molecule has 74 valence electrons. The molecule has 1 heterocycles. The molecule has 1 aromatic carbocycles. The van der Waals surface area contributed by atoms with Crippen LogP contribution in [0.15, 0.2) is 23.4 Å². The van der Waals surface area contributed by atoms with Crippen molar-refractivity contribution in [1.29, 1.82) is 0 Å². The molecule has 4 heteroatoms. The predicted molar refractivity (Wildman–Crippen MR) is 51.4 cm³/mol. The van der Waals surface area contributed by atoms with Crippen molar-refractivity contribution in [3.05, 3.63) is 23.8 Å². The molecule has 0 fully saturated rings. The fourth-order valence-electron chi connectivity index (χ4n) is 1.54. The summed E-state index contributed by atoms with van der Waals surface area (Å²) in [6, 6.07) is 5.52. The molecule has 0 radical (unpaired) electrons. The summed E-state index contributed by atoms with van der Waals surface area (Å²) >= 11 is 0. The molecule has 1 aliphatic heterocycles. The van der Waals surface area contributed by atoms with E-state index in [0.717, 1.165) is 5.56 Å². The Balaban J connectivity index is 2.55. The van der Waals surface area contributed by atoms with E-state index in [1.54, 1.807) is 7.11 Å². The van der Waals surface area contributed by atoms with Gasteiger partial charge in [0.25, 0.3) is 0 Å². The van der Waals surface area contributed by atoms with E-state index in [4.69, 9.17) is 14.7 Å². The molecule has 1 aliphatic rings. The number of para-hydroxylation sites is 1. The topological polar surface area (TPSA) is 51.0 Å². The summed E-state index contributed by atoms with van der Waals surface area (Å²) < 4.78 is 10.6. The highest BCUT2D eigenvalue weighted by molar-refractivity contribution is 6.04. The lowest BCUT2D eigenvalue weighted by molar-refractivity contribution is 0.284. The molecule has 0 saturated carbocycles. The van der Waals surface area contributed by atoms with Gasteiger partial charge in [-0.15, -0.1) is 0 Å². The number of methoxy groups -OCH3 is 1. The van der Waals surface area contributed by atoms with Gasteiger partial charge in [-0.3, -0.25) is 0 Å². The van der Waals surface area contributed by atoms with Crippen LogP contribution in [-0.2, 0) is 0 Å². The Morgan fingerprint density at radius 1 is 1.50 bits per heavy atom. The van der Waals surface area contributed by atoms with E-state index < -0.39 is 0 Å². The zero-order valence-electron chi connectivity index (χ0n) is 7.86. The number of hydrogen-bond acceptors (Lipinski definition) is 4. The summed E-state index contributed by atoms with van der Waals surface area (Å²) in [5.74, 6) is 1.33. The number of ether oxygens (including phenoxy) is 2. The quantitative estimate of drug-likeness (QED) is 0.545. The summed E-state index contributed by atoms with van der Waals surface area (Å²) in [6.45, 7) is 0.521. The minimum atomic E-state index is 0.521. The first kappa shape index (κ1) is 8.87. The van der Waals surface area contributed by atoms with Crippen LogP contribution in [0.5, 0.6) is 11.5 Å². The van der Waals surface area contributed by atoms with Gasteiger partial charge in [-0.1, -0.05) is 11.2 Å². The molecule has 4 nitrogen and oxygen atoms in total. The SMILES string of the molecule is COc1cccc2c1OCCC2=NO. The van der Waals surface area contributed by atoms with Gasteiger partial charge in [0.1, 0.15) is 0 Å². The van der Waals surface area contributed by atoms with Crippen LogP contribution in [0.1, 0.15) is 12.0 Å². The fourth-order valence-corrected chi connectivity index (χ4v) is 1.54. The van der Waals surface area contributed by atoms with E-state index in [1.165, 1.54) is 0 Å². The van der Waals surface area contributed by atoms with Gasteiger partial charge in [0.05, 0.1) is 19.4 Å². The highest BCUT2D eigenvalue weighted by Gasteiger charge is 2.20. The van der Waals surface area contributed by atoms with E-state index in [1.807, 2.05) is 18.2 Å². The zero-order chi connectivity index (χ0) is 9.97. The Kier molecular flexibility index (Phi) is 2.26. The highest BCUT2D eigenvalue weighted by Crippen LogP contribution is 2.34. The first-order chi connectivity index (χ1) is 6.86. The predicted octanol–water partition coefficient (Wildman–Crippen LogP) is 1.66. The average molecular weight is 193 g/mol. The van der Waals surface area contributed by atoms with Crippen LogP contribution >= 0.6 is 0 Å². The number of benzene rings is 1. The van der Waals surface area contributed by atoms with Gasteiger partial charge < -0.3 is 14.7 Å². The fraction of sp³-hybridized carbons (Fsp3) is 0.300. The molecule has 0 unspecified atom stereocenters. The van der Waals surface area contributed by atoms with Crippen LogP contribution in [0, 0.1) is 0 Å². The van der Waals surface area contributed by atoms with E-state index in [-0.39, 0.29) is 0 Å². The summed E-state index contributed by atoms with van der Waals surface area (Å²) in [7, 11) is 1.59. The molecule has 0 amide bonds. The second kappa shape index (κ2) is 3.57. The maximum absolute atomic E-state index is 8.79. The van der Waals surface area contributed by atoms with Gasteiger partial charge in [-0.2, -0.15) is 0 Å². The Morgan fingerprint density at radius 2 is 2.36 bits per heavy atom. The van der Waals surface area contributed by atoms with Crippen molar-refractivity contribution in [2.75, 3.05) is 13.7 Å². The second-order valence-corrected chi connectivity index (χ2v) is 2.98. The normalized spacial score (nSPS) is 17.4. The lowest BCUT2D eigenvalue weighted by atomic mass is 10.0. The van der Waals surface area contributed by atoms with E-state index in [2.05, 4.69) is 5.16 Å². The minimum Gasteiger partial charge on any atom is -0.493 e. The third kappa shape index (κ3) is 1.28. The summed E-state index contributed by atoms with van der Waals surface area (Å²) in [4.78, 5) is 0. The summed E-state index contributed by atoms with van der Waals surface area (Å²) in [5.41, 5.74) is 1.45. The number of nitrogens with zero attached hydrogens (tertiary/aromatic N) is 1. The van der Waals surface area contributed by atoms with Gasteiger partial charge >= 0.3 is 0 Å². The van der Waals surface area contributed by atoms with E-state index in [0.29, 0.717) is 30.2 Å². The molecule has 1 aromatic rings. The van der Waals surface area contributed by atoms with Crippen LogP contribution in [0.25, 0.3) is 0 Å². The molecule has 2 rings (SSSR count). The van der Waals surface area contributed by atoms with Gasteiger partial charge in [-0.25, -0.2) is 0 Å². The number of fused-ring (bicyclic) bond motifs is 1. The Labute approximate surface area is 81.8 Å². The van der Waals surface area contributed by atoms with Crippen molar-refractivity contribution in [2.24, 2.45) is 5.16 Å². The lowest BCUT2D eigenvalue weighted by Crippen LogP contribution is -2.16. The monoisotopic (exact) mass is 193 g/mol. The third-order valence-corrected chi connectivity index (χ3v) is 2.22. The van der Waals surface area contributed by atoms with Gasteiger partial charge in [0.2, 0.25) is 0 Å². The van der Waals surface area contributed by atoms with Crippen molar-refractivity contribution < 1.29 is 14.7 Å². The lowest BCUT2D eigenvalue weighted by Gasteiger charge is -2.19. The van der Waals surface area contributed by atoms with Crippen molar-refractivity contribution >= 4 is 5.71 Å². The highest BCUT2D eigenvalue weighted by atomic mass is 16.5. The Bertz CT molecular complexity index is 374. The molecule has 0 saturated heterocycles. The van der Waals surface area contributed by atoms with Crippen molar-refractivity contribution in [3.63, 3.8) is 0 Å². The maximum atomic E-state index is 8.79. The van der Waals surface area contributed by atoms with Crippen molar-refractivity contribution in [3.8, 4) is 11.5 Å².